The number of nitrogens with one attached hydrogen (secondary N) is 1. The number of anilines is 2. The normalized spacial score (nSPS) is 20.9. The summed E-state index contributed by atoms with van der Waals surface area (Å²) in [7, 11) is 0. The second-order valence-electron chi connectivity index (χ2n) is 4.90. The number of rotatable bonds is 4. The molecule has 18 heavy (non-hydrogen) atoms. The third kappa shape index (κ3) is 3.62. The number of benzene rings is 1. The van der Waals surface area contributed by atoms with E-state index in [9.17, 15) is 0 Å². The van der Waals surface area contributed by atoms with Crippen LogP contribution >= 0.6 is 0 Å². The Kier molecular flexibility index (Phi) is 4.44. The molecule has 1 aromatic carbocycles. The number of morpholine rings is 1. The van der Waals surface area contributed by atoms with Crippen molar-refractivity contribution in [1.82, 2.24) is 4.90 Å². The quantitative estimate of drug-likeness (QED) is 0.798. The van der Waals surface area contributed by atoms with Crippen molar-refractivity contribution >= 4 is 11.4 Å². The van der Waals surface area contributed by atoms with Gasteiger partial charge in [-0.2, -0.15) is 0 Å². The van der Waals surface area contributed by atoms with Gasteiger partial charge in [-0.1, -0.05) is 6.92 Å². The Morgan fingerprint density at radius 1 is 1.44 bits per heavy atom. The molecule has 100 valence electrons. The molecule has 1 atom stereocenters. The molecule has 3 N–H and O–H groups in total. The molecule has 1 heterocycles. The van der Waals surface area contributed by atoms with E-state index in [1.165, 1.54) is 5.56 Å². The molecular weight excluding hydrogens is 226 g/mol. The van der Waals surface area contributed by atoms with E-state index in [4.69, 9.17) is 10.5 Å². The average molecular weight is 249 g/mol. The van der Waals surface area contributed by atoms with Gasteiger partial charge < -0.3 is 15.8 Å². The van der Waals surface area contributed by atoms with Crippen LogP contribution in [0.1, 0.15) is 12.5 Å². The van der Waals surface area contributed by atoms with Crippen molar-refractivity contribution in [1.29, 1.82) is 0 Å². The highest BCUT2D eigenvalue weighted by Gasteiger charge is 2.18. The molecule has 0 aromatic heterocycles. The second kappa shape index (κ2) is 6.07. The summed E-state index contributed by atoms with van der Waals surface area (Å²) in [5.41, 5.74) is 8.89. The van der Waals surface area contributed by atoms with Gasteiger partial charge in [0.15, 0.2) is 0 Å². The van der Waals surface area contributed by atoms with E-state index in [0.29, 0.717) is 0 Å². The van der Waals surface area contributed by atoms with Crippen LogP contribution in [-0.4, -0.2) is 43.8 Å². The summed E-state index contributed by atoms with van der Waals surface area (Å²) in [6, 6.07) is 6.05. The van der Waals surface area contributed by atoms with Crippen LogP contribution in [-0.2, 0) is 4.74 Å². The molecule has 0 bridgehead atoms. The molecule has 4 nitrogen and oxygen atoms in total. The highest BCUT2D eigenvalue weighted by Crippen LogP contribution is 2.16. The summed E-state index contributed by atoms with van der Waals surface area (Å²) in [5.74, 6) is 0. The zero-order valence-electron chi connectivity index (χ0n) is 11.3. The van der Waals surface area contributed by atoms with Crippen molar-refractivity contribution < 1.29 is 4.74 Å². The first-order valence-corrected chi connectivity index (χ1v) is 6.62. The number of ether oxygens (including phenoxy) is 1. The lowest BCUT2D eigenvalue weighted by Gasteiger charge is -2.32. The number of aryl methyl sites for hydroxylation is 1. The van der Waals surface area contributed by atoms with Gasteiger partial charge in [0.2, 0.25) is 0 Å². The van der Waals surface area contributed by atoms with Crippen molar-refractivity contribution in [3.63, 3.8) is 0 Å². The van der Waals surface area contributed by atoms with Gasteiger partial charge in [0, 0.05) is 31.0 Å². The van der Waals surface area contributed by atoms with Gasteiger partial charge in [-0.25, -0.2) is 0 Å². The number of hydrogen-bond donors (Lipinski definition) is 2. The van der Waals surface area contributed by atoms with Crippen LogP contribution in [0.25, 0.3) is 0 Å². The minimum absolute atomic E-state index is 0.264. The lowest BCUT2D eigenvalue weighted by molar-refractivity contribution is -0.0191. The standard InChI is InChI=1S/C14H23N3O/c1-3-17-4-5-18-14(10-17)9-16-13-7-11(2)6-12(15)8-13/h6-8,14,16H,3-5,9-10,15H2,1-2H3. The SMILES string of the molecule is CCN1CCOC(CNc2cc(C)cc(N)c2)C1. The van der Waals surface area contributed by atoms with Gasteiger partial charge >= 0.3 is 0 Å². The lowest BCUT2D eigenvalue weighted by Crippen LogP contribution is -2.45. The Balaban J connectivity index is 1.87. The highest BCUT2D eigenvalue weighted by molar-refractivity contribution is 5.56. The van der Waals surface area contributed by atoms with Crippen molar-refractivity contribution in [2.24, 2.45) is 0 Å². The molecule has 0 amide bonds. The van der Waals surface area contributed by atoms with Crippen molar-refractivity contribution in [2.45, 2.75) is 20.0 Å². The third-order valence-electron chi connectivity index (χ3n) is 3.30. The smallest absolute Gasteiger partial charge is 0.0874 e. The van der Waals surface area contributed by atoms with Crippen LogP contribution < -0.4 is 11.1 Å². The van der Waals surface area contributed by atoms with Gasteiger partial charge in [0.25, 0.3) is 0 Å². The summed E-state index contributed by atoms with van der Waals surface area (Å²) >= 11 is 0. The van der Waals surface area contributed by atoms with Crippen molar-refractivity contribution in [3.8, 4) is 0 Å². The molecule has 0 aliphatic carbocycles. The van der Waals surface area contributed by atoms with Gasteiger partial charge in [-0.15, -0.1) is 0 Å². The maximum atomic E-state index is 5.83. The molecule has 0 saturated carbocycles. The van der Waals surface area contributed by atoms with Crippen LogP contribution in [0, 0.1) is 6.92 Å². The maximum Gasteiger partial charge on any atom is 0.0874 e. The Bertz CT molecular complexity index is 374. The molecule has 2 rings (SSSR count). The predicted octanol–water partition coefficient (Wildman–Crippen LogP) is 1.71. The van der Waals surface area contributed by atoms with Gasteiger partial charge in [0.05, 0.1) is 12.7 Å². The zero-order chi connectivity index (χ0) is 13.0. The van der Waals surface area contributed by atoms with E-state index in [0.717, 1.165) is 44.2 Å². The Morgan fingerprint density at radius 2 is 2.28 bits per heavy atom. The summed E-state index contributed by atoms with van der Waals surface area (Å²) in [5, 5.41) is 3.41. The van der Waals surface area contributed by atoms with Crippen LogP contribution in [0.3, 0.4) is 0 Å². The van der Waals surface area contributed by atoms with E-state index < -0.39 is 0 Å². The molecule has 1 saturated heterocycles. The minimum Gasteiger partial charge on any atom is -0.399 e. The topological polar surface area (TPSA) is 50.5 Å². The molecule has 1 aliphatic rings. The molecule has 0 radical (unpaired) electrons. The fourth-order valence-electron chi connectivity index (χ4n) is 2.34. The number of hydrogen-bond acceptors (Lipinski definition) is 4. The number of nitrogens with zero attached hydrogens (tertiary/aromatic N) is 1. The van der Waals surface area contributed by atoms with E-state index >= 15 is 0 Å². The minimum atomic E-state index is 0.264. The molecule has 1 aliphatic heterocycles. The van der Waals surface area contributed by atoms with E-state index in [1.807, 2.05) is 12.1 Å². The summed E-state index contributed by atoms with van der Waals surface area (Å²) in [6.45, 7) is 9.05. The van der Waals surface area contributed by atoms with Crippen molar-refractivity contribution in [2.75, 3.05) is 43.8 Å². The first-order chi connectivity index (χ1) is 8.67. The molecule has 1 fully saturated rings. The van der Waals surface area contributed by atoms with E-state index in [-0.39, 0.29) is 6.10 Å². The summed E-state index contributed by atoms with van der Waals surface area (Å²) in [6.07, 6.45) is 0.264. The average Bonchev–Trinajstić information content (AvgIpc) is 2.35. The summed E-state index contributed by atoms with van der Waals surface area (Å²) in [4.78, 5) is 2.42. The van der Waals surface area contributed by atoms with Crippen molar-refractivity contribution in [3.05, 3.63) is 23.8 Å². The van der Waals surface area contributed by atoms with Gasteiger partial charge in [-0.3, -0.25) is 4.90 Å². The Labute approximate surface area is 109 Å². The monoisotopic (exact) mass is 249 g/mol. The van der Waals surface area contributed by atoms with Crippen LogP contribution in [0.2, 0.25) is 0 Å². The number of likely N-dealkylation sites (N-methyl/N-ethyl adjacent to an activating group) is 1. The highest BCUT2D eigenvalue weighted by atomic mass is 16.5. The summed E-state index contributed by atoms with van der Waals surface area (Å²) < 4.78 is 5.76. The van der Waals surface area contributed by atoms with Crippen LogP contribution in [0.4, 0.5) is 11.4 Å². The Morgan fingerprint density at radius 3 is 3.00 bits per heavy atom. The third-order valence-corrected chi connectivity index (χ3v) is 3.30. The first-order valence-electron chi connectivity index (χ1n) is 6.62. The van der Waals surface area contributed by atoms with Gasteiger partial charge in [0.1, 0.15) is 0 Å². The molecule has 4 heteroatoms. The maximum absolute atomic E-state index is 5.83. The van der Waals surface area contributed by atoms with E-state index in [1.54, 1.807) is 0 Å². The van der Waals surface area contributed by atoms with E-state index in [2.05, 4.69) is 30.1 Å². The zero-order valence-corrected chi connectivity index (χ0v) is 11.3. The molecule has 1 unspecified atom stereocenters. The fourth-order valence-corrected chi connectivity index (χ4v) is 2.34. The Hall–Kier alpha value is -1.26. The molecule has 1 aromatic rings. The predicted molar refractivity (Wildman–Crippen MR) is 75.9 cm³/mol. The second-order valence-corrected chi connectivity index (χ2v) is 4.90. The van der Waals surface area contributed by atoms with Gasteiger partial charge in [-0.05, 0) is 37.2 Å². The lowest BCUT2D eigenvalue weighted by atomic mass is 10.2. The largest absolute Gasteiger partial charge is 0.399 e. The first kappa shape index (κ1) is 13.2. The van der Waals surface area contributed by atoms with Crippen LogP contribution in [0.5, 0.6) is 0 Å². The molecule has 0 spiro atoms. The van der Waals surface area contributed by atoms with Crippen LogP contribution in [0.15, 0.2) is 18.2 Å². The fraction of sp³-hybridized carbons (Fsp3) is 0.571. The number of nitrogens with two attached hydrogens (primary N) is 1. The number of nitrogen functional groups attached to an aromatic ring is 1. The molecular formula is C14H23N3O.